The lowest BCUT2D eigenvalue weighted by molar-refractivity contribution is -0.114. The van der Waals surface area contributed by atoms with Gasteiger partial charge in [-0.25, -0.2) is 0 Å². The summed E-state index contributed by atoms with van der Waals surface area (Å²) in [6.07, 6.45) is 1.99. The highest BCUT2D eigenvalue weighted by Crippen LogP contribution is 2.09. The monoisotopic (exact) mass is 198 g/mol. The summed E-state index contributed by atoms with van der Waals surface area (Å²) in [5.74, 6) is -0.306. The molecule has 3 heteroatoms. The standard InChI is InChI=1S/C11H22N2O/c1-8(2)13-7-5-6-9(3)10(4)11(12)14/h8,13H,5-7H2,1-4H3,(H2,12,14). The van der Waals surface area contributed by atoms with Crippen molar-refractivity contribution >= 4 is 5.91 Å². The van der Waals surface area contributed by atoms with E-state index in [0.717, 1.165) is 25.0 Å². The van der Waals surface area contributed by atoms with Crippen LogP contribution in [0.3, 0.4) is 0 Å². The first-order valence-electron chi connectivity index (χ1n) is 5.14. The predicted molar refractivity (Wildman–Crippen MR) is 59.9 cm³/mol. The number of amides is 1. The van der Waals surface area contributed by atoms with Crippen LogP contribution in [-0.2, 0) is 4.79 Å². The van der Waals surface area contributed by atoms with Crippen LogP contribution in [0.4, 0.5) is 0 Å². The molecule has 82 valence electrons. The molecule has 0 bridgehead atoms. The van der Waals surface area contributed by atoms with Crippen molar-refractivity contribution in [1.82, 2.24) is 5.32 Å². The molecular formula is C11H22N2O. The van der Waals surface area contributed by atoms with Gasteiger partial charge in [-0.2, -0.15) is 0 Å². The fourth-order valence-electron chi connectivity index (χ4n) is 1.14. The molecule has 3 nitrogen and oxygen atoms in total. The SMILES string of the molecule is CC(CCCNC(C)C)=C(C)C(N)=O. The van der Waals surface area contributed by atoms with E-state index in [-0.39, 0.29) is 5.91 Å². The molecule has 0 aliphatic heterocycles. The van der Waals surface area contributed by atoms with E-state index >= 15 is 0 Å². The van der Waals surface area contributed by atoms with Gasteiger partial charge in [-0.15, -0.1) is 0 Å². The van der Waals surface area contributed by atoms with Gasteiger partial charge in [0.15, 0.2) is 0 Å². The van der Waals surface area contributed by atoms with Crippen LogP contribution in [0.5, 0.6) is 0 Å². The third kappa shape index (κ3) is 5.75. The van der Waals surface area contributed by atoms with E-state index in [9.17, 15) is 4.79 Å². The maximum absolute atomic E-state index is 10.8. The van der Waals surface area contributed by atoms with Crippen LogP contribution in [0.2, 0.25) is 0 Å². The van der Waals surface area contributed by atoms with Gasteiger partial charge >= 0.3 is 0 Å². The smallest absolute Gasteiger partial charge is 0.244 e. The summed E-state index contributed by atoms with van der Waals surface area (Å²) >= 11 is 0. The third-order valence-electron chi connectivity index (χ3n) is 2.29. The minimum atomic E-state index is -0.306. The quantitative estimate of drug-likeness (QED) is 0.503. The van der Waals surface area contributed by atoms with Gasteiger partial charge in [-0.3, -0.25) is 4.79 Å². The number of hydrogen-bond donors (Lipinski definition) is 2. The summed E-state index contributed by atoms with van der Waals surface area (Å²) in [5, 5.41) is 3.33. The maximum Gasteiger partial charge on any atom is 0.244 e. The topological polar surface area (TPSA) is 55.1 Å². The molecule has 0 saturated carbocycles. The lowest BCUT2D eigenvalue weighted by atomic mass is 10.1. The Kier molecular flexibility index (Phi) is 6.21. The molecule has 0 aromatic rings. The van der Waals surface area contributed by atoms with Crippen LogP contribution in [0, 0.1) is 0 Å². The van der Waals surface area contributed by atoms with E-state index in [0.29, 0.717) is 11.6 Å². The molecule has 14 heavy (non-hydrogen) atoms. The summed E-state index contributed by atoms with van der Waals surface area (Å²) in [7, 11) is 0. The van der Waals surface area contributed by atoms with E-state index < -0.39 is 0 Å². The lowest BCUT2D eigenvalue weighted by Gasteiger charge is -2.08. The molecule has 0 unspecified atom stereocenters. The summed E-state index contributed by atoms with van der Waals surface area (Å²) in [5.41, 5.74) is 6.98. The molecule has 0 rings (SSSR count). The summed E-state index contributed by atoms with van der Waals surface area (Å²) in [6.45, 7) is 8.98. The number of hydrogen-bond acceptors (Lipinski definition) is 2. The highest BCUT2D eigenvalue weighted by atomic mass is 16.1. The number of primary amides is 1. The molecule has 0 aromatic heterocycles. The molecule has 3 N–H and O–H groups in total. The van der Waals surface area contributed by atoms with Crippen LogP contribution in [0.25, 0.3) is 0 Å². The minimum absolute atomic E-state index is 0.306. The normalized spacial score (nSPS) is 12.9. The van der Waals surface area contributed by atoms with Gasteiger partial charge in [0.25, 0.3) is 0 Å². The Morgan fingerprint density at radius 1 is 1.36 bits per heavy atom. The second-order valence-corrected chi connectivity index (χ2v) is 3.98. The molecule has 0 saturated heterocycles. The first kappa shape index (κ1) is 13.2. The van der Waals surface area contributed by atoms with E-state index in [2.05, 4.69) is 19.2 Å². The zero-order valence-corrected chi connectivity index (χ0v) is 9.68. The van der Waals surface area contributed by atoms with Crippen molar-refractivity contribution in [1.29, 1.82) is 0 Å². The Balaban J connectivity index is 3.79. The van der Waals surface area contributed by atoms with Crippen LogP contribution in [0.1, 0.15) is 40.5 Å². The van der Waals surface area contributed by atoms with E-state index in [1.165, 1.54) is 0 Å². The summed E-state index contributed by atoms with van der Waals surface area (Å²) < 4.78 is 0. The zero-order chi connectivity index (χ0) is 11.1. The summed E-state index contributed by atoms with van der Waals surface area (Å²) in [4.78, 5) is 10.8. The number of nitrogens with two attached hydrogens (primary N) is 1. The summed E-state index contributed by atoms with van der Waals surface area (Å²) in [6, 6.07) is 0.525. The second-order valence-electron chi connectivity index (χ2n) is 3.98. The number of carbonyl (C=O) groups is 1. The van der Waals surface area contributed by atoms with Crippen LogP contribution in [-0.4, -0.2) is 18.5 Å². The minimum Gasteiger partial charge on any atom is -0.366 e. The number of nitrogens with one attached hydrogen (secondary N) is 1. The van der Waals surface area contributed by atoms with Gasteiger partial charge in [-0.1, -0.05) is 19.4 Å². The van der Waals surface area contributed by atoms with Crippen LogP contribution in [0.15, 0.2) is 11.1 Å². The fraction of sp³-hybridized carbons (Fsp3) is 0.727. The van der Waals surface area contributed by atoms with Gasteiger partial charge in [-0.05, 0) is 33.2 Å². The van der Waals surface area contributed by atoms with Gasteiger partial charge in [0.05, 0.1) is 0 Å². The first-order valence-corrected chi connectivity index (χ1v) is 5.14. The molecule has 0 atom stereocenters. The molecular weight excluding hydrogens is 176 g/mol. The molecule has 0 spiro atoms. The van der Waals surface area contributed by atoms with Crippen molar-refractivity contribution in [2.75, 3.05) is 6.54 Å². The molecule has 0 aliphatic rings. The van der Waals surface area contributed by atoms with Gasteiger partial charge in [0.1, 0.15) is 0 Å². The third-order valence-corrected chi connectivity index (χ3v) is 2.29. The maximum atomic E-state index is 10.8. The molecule has 0 aliphatic carbocycles. The Labute approximate surface area is 86.8 Å². The Morgan fingerprint density at radius 3 is 2.36 bits per heavy atom. The van der Waals surface area contributed by atoms with E-state index in [4.69, 9.17) is 5.73 Å². The zero-order valence-electron chi connectivity index (χ0n) is 9.68. The average Bonchev–Trinajstić information content (AvgIpc) is 2.10. The lowest BCUT2D eigenvalue weighted by Crippen LogP contribution is -2.23. The predicted octanol–water partition coefficient (Wildman–Crippen LogP) is 1.59. The molecule has 0 heterocycles. The fourth-order valence-corrected chi connectivity index (χ4v) is 1.14. The van der Waals surface area contributed by atoms with Crippen molar-refractivity contribution < 1.29 is 4.79 Å². The Hall–Kier alpha value is -0.830. The van der Waals surface area contributed by atoms with Gasteiger partial charge in [0.2, 0.25) is 5.91 Å². The van der Waals surface area contributed by atoms with Crippen molar-refractivity contribution in [2.24, 2.45) is 5.73 Å². The van der Waals surface area contributed by atoms with Crippen LogP contribution < -0.4 is 11.1 Å². The molecule has 0 radical (unpaired) electrons. The van der Waals surface area contributed by atoms with Gasteiger partial charge in [0, 0.05) is 11.6 Å². The largest absolute Gasteiger partial charge is 0.366 e. The van der Waals surface area contributed by atoms with Crippen LogP contribution >= 0.6 is 0 Å². The average molecular weight is 198 g/mol. The van der Waals surface area contributed by atoms with E-state index in [1.807, 2.05) is 6.92 Å². The number of rotatable bonds is 6. The van der Waals surface area contributed by atoms with E-state index in [1.54, 1.807) is 6.92 Å². The molecule has 1 amide bonds. The van der Waals surface area contributed by atoms with Crippen molar-refractivity contribution in [3.63, 3.8) is 0 Å². The number of allylic oxidation sites excluding steroid dienone is 1. The molecule has 0 aromatic carbocycles. The first-order chi connectivity index (χ1) is 6.45. The van der Waals surface area contributed by atoms with Crippen molar-refractivity contribution in [3.8, 4) is 0 Å². The Bertz CT molecular complexity index is 219. The second kappa shape index (κ2) is 6.60. The highest BCUT2D eigenvalue weighted by Gasteiger charge is 2.02. The number of carbonyl (C=O) groups excluding carboxylic acids is 1. The Morgan fingerprint density at radius 2 is 1.93 bits per heavy atom. The van der Waals surface area contributed by atoms with Gasteiger partial charge < -0.3 is 11.1 Å². The van der Waals surface area contributed by atoms with Crippen molar-refractivity contribution in [2.45, 2.75) is 46.6 Å². The highest BCUT2D eigenvalue weighted by molar-refractivity contribution is 5.91. The van der Waals surface area contributed by atoms with Crippen molar-refractivity contribution in [3.05, 3.63) is 11.1 Å². The molecule has 0 fully saturated rings.